The van der Waals surface area contributed by atoms with Gasteiger partial charge in [-0.2, -0.15) is 13.2 Å². The Morgan fingerprint density at radius 1 is 1.42 bits per heavy atom. The molecule has 0 aliphatic carbocycles. The summed E-state index contributed by atoms with van der Waals surface area (Å²) in [5.74, 6) is -1.83. The van der Waals surface area contributed by atoms with Crippen molar-refractivity contribution >= 4 is 21.8 Å². The summed E-state index contributed by atoms with van der Waals surface area (Å²) in [6.07, 6.45) is -4.02. The van der Waals surface area contributed by atoms with Crippen LogP contribution in [0.1, 0.15) is 29.3 Å². The Balaban J connectivity index is 2.96. The summed E-state index contributed by atoms with van der Waals surface area (Å²) < 4.78 is 50.9. The molecule has 0 fully saturated rings. The standard InChI is InChI=1S/C12H12BrF4NO/c1-7(4-5-13)18-11(19)9-6-8(12(15,16)17)2-3-10(9)14/h2-3,6-7H,4-5H2,1H3,(H,18,19). The highest BCUT2D eigenvalue weighted by Gasteiger charge is 2.32. The van der Waals surface area contributed by atoms with Crippen LogP contribution in [0.2, 0.25) is 0 Å². The summed E-state index contributed by atoms with van der Waals surface area (Å²) in [5, 5.41) is 3.06. The number of carbonyl (C=O) groups excluding carboxylic acids is 1. The van der Waals surface area contributed by atoms with Gasteiger partial charge in [0.05, 0.1) is 11.1 Å². The van der Waals surface area contributed by atoms with Crippen LogP contribution in [0, 0.1) is 5.82 Å². The molecule has 2 nitrogen and oxygen atoms in total. The Morgan fingerprint density at radius 2 is 2.05 bits per heavy atom. The highest BCUT2D eigenvalue weighted by Crippen LogP contribution is 2.30. The summed E-state index contributed by atoms with van der Waals surface area (Å²) in [7, 11) is 0. The second-order valence-corrected chi connectivity index (χ2v) is 4.84. The fourth-order valence-electron chi connectivity index (χ4n) is 1.41. The number of nitrogens with one attached hydrogen (secondary N) is 1. The van der Waals surface area contributed by atoms with Crippen LogP contribution < -0.4 is 5.32 Å². The molecule has 0 aliphatic heterocycles. The molecule has 1 amide bonds. The zero-order valence-corrected chi connectivity index (χ0v) is 11.6. The summed E-state index contributed by atoms with van der Waals surface area (Å²) in [6.45, 7) is 1.69. The largest absolute Gasteiger partial charge is 0.416 e. The lowest BCUT2D eigenvalue weighted by molar-refractivity contribution is -0.137. The Morgan fingerprint density at radius 3 is 2.58 bits per heavy atom. The van der Waals surface area contributed by atoms with E-state index in [2.05, 4.69) is 21.2 Å². The molecular weight excluding hydrogens is 330 g/mol. The molecule has 1 rings (SSSR count). The van der Waals surface area contributed by atoms with Crippen molar-refractivity contribution < 1.29 is 22.4 Å². The van der Waals surface area contributed by atoms with Gasteiger partial charge in [0.25, 0.3) is 5.91 Å². The topological polar surface area (TPSA) is 29.1 Å². The highest BCUT2D eigenvalue weighted by molar-refractivity contribution is 9.09. The second kappa shape index (κ2) is 6.36. The number of rotatable bonds is 4. The van der Waals surface area contributed by atoms with Crippen LogP contribution in [0.4, 0.5) is 17.6 Å². The van der Waals surface area contributed by atoms with Gasteiger partial charge in [0.2, 0.25) is 0 Å². The number of halogens is 5. The Hall–Kier alpha value is -1.11. The first kappa shape index (κ1) is 15.9. The summed E-state index contributed by atoms with van der Waals surface area (Å²) in [6, 6.07) is 1.51. The van der Waals surface area contributed by atoms with E-state index in [1.165, 1.54) is 0 Å². The normalized spacial score (nSPS) is 13.2. The molecule has 0 aliphatic rings. The van der Waals surface area contributed by atoms with Crippen LogP contribution in [0.25, 0.3) is 0 Å². The number of hydrogen-bond acceptors (Lipinski definition) is 1. The molecule has 19 heavy (non-hydrogen) atoms. The number of carbonyl (C=O) groups is 1. The van der Waals surface area contributed by atoms with Gasteiger partial charge in [0.15, 0.2) is 0 Å². The van der Waals surface area contributed by atoms with Crippen molar-refractivity contribution in [1.29, 1.82) is 0 Å². The molecule has 0 radical (unpaired) electrons. The number of alkyl halides is 4. The van der Waals surface area contributed by atoms with E-state index in [1.54, 1.807) is 6.92 Å². The molecule has 0 saturated heterocycles. The SMILES string of the molecule is CC(CCBr)NC(=O)c1cc(C(F)(F)F)ccc1F. The van der Waals surface area contributed by atoms with Crippen LogP contribution in [0.15, 0.2) is 18.2 Å². The van der Waals surface area contributed by atoms with E-state index in [-0.39, 0.29) is 6.04 Å². The van der Waals surface area contributed by atoms with E-state index < -0.39 is 29.0 Å². The third kappa shape index (κ3) is 4.49. The molecule has 1 atom stereocenters. The molecule has 1 N–H and O–H groups in total. The van der Waals surface area contributed by atoms with Gasteiger partial charge in [0, 0.05) is 11.4 Å². The average molecular weight is 342 g/mol. The van der Waals surface area contributed by atoms with Gasteiger partial charge in [-0.25, -0.2) is 4.39 Å². The van der Waals surface area contributed by atoms with Crippen LogP contribution in [0.5, 0.6) is 0 Å². The van der Waals surface area contributed by atoms with Gasteiger partial charge in [-0.05, 0) is 31.5 Å². The maximum absolute atomic E-state index is 13.4. The quantitative estimate of drug-likeness (QED) is 0.655. The zero-order valence-electron chi connectivity index (χ0n) is 10.0. The van der Waals surface area contributed by atoms with Crippen LogP contribution in [-0.4, -0.2) is 17.3 Å². The molecule has 0 aromatic heterocycles. The van der Waals surface area contributed by atoms with E-state index in [9.17, 15) is 22.4 Å². The van der Waals surface area contributed by atoms with E-state index >= 15 is 0 Å². The summed E-state index contributed by atoms with van der Waals surface area (Å²) >= 11 is 3.17. The van der Waals surface area contributed by atoms with E-state index in [0.717, 1.165) is 0 Å². The number of amides is 1. The van der Waals surface area contributed by atoms with Crippen molar-refractivity contribution in [1.82, 2.24) is 5.32 Å². The molecule has 1 unspecified atom stereocenters. The van der Waals surface area contributed by atoms with E-state index in [1.807, 2.05) is 0 Å². The molecule has 0 heterocycles. The zero-order chi connectivity index (χ0) is 14.6. The van der Waals surface area contributed by atoms with Crippen molar-refractivity contribution in [3.63, 3.8) is 0 Å². The molecule has 0 saturated carbocycles. The van der Waals surface area contributed by atoms with E-state index in [4.69, 9.17) is 0 Å². The molecular formula is C12H12BrF4NO. The van der Waals surface area contributed by atoms with Gasteiger partial charge < -0.3 is 5.32 Å². The third-order valence-corrected chi connectivity index (χ3v) is 2.92. The number of hydrogen-bond donors (Lipinski definition) is 1. The fraction of sp³-hybridized carbons (Fsp3) is 0.417. The predicted molar refractivity (Wildman–Crippen MR) is 66.7 cm³/mol. The smallest absolute Gasteiger partial charge is 0.349 e. The average Bonchev–Trinajstić information content (AvgIpc) is 2.27. The van der Waals surface area contributed by atoms with E-state index in [0.29, 0.717) is 30.0 Å². The molecule has 7 heteroatoms. The van der Waals surface area contributed by atoms with Crippen LogP contribution in [0.3, 0.4) is 0 Å². The van der Waals surface area contributed by atoms with Crippen molar-refractivity contribution in [2.75, 3.05) is 5.33 Å². The lowest BCUT2D eigenvalue weighted by Gasteiger charge is -2.14. The first-order chi connectivity index (χ1) is 8.75. The first-order valence-electron chi connectivity index (χ1n) is 5.49. The highest BCUT2D eigenvalue weighted by atomic mass is 79.9. The van der Waals surface area contributed by atoms with Gasteiger partial charge in [0.1, 0.15) is 5.82 Å². The monoisotopic (exact) mass is 341 g/mol. The van der Waals surface area contributed by atoms with Gasteiger partial charge >= 0.3 is 6.18 Å². The van der Waals surface area contributed by atoms with Crippen LogP contribution >= 0.6 is 15.9 Å². The van der Waals surface area contributed by atoms with Crippen LogP contribution in [-0.2, 0) is 6.18 Å². The van der Waals surface area contributed by atoms with Gasteiger partial charge in [-0.3, -0.25) is 4.79 Å². The lowest BCUT2D eigenvalue weighted by atomic mass is 10.1. The van der Waals surface area contributed by atoms with Crippen molar-refractivity contribution in [3.05, 3.63) is 35.1 Å². The predicted octanol–water partition coefficient (Wildman–Crippen LogP) is 3.75. The summed E-state index contributed by atoms with van der Waals surface area (Å²) in [4.78, 5) is 11.7. The minimum Gasteiger partial charge on any atom is -0.349 e. The molecule has 0 bridgehead atoms. The Labute approximate surface area is 116 Å². The first-order valence-corrected chi connectivity index (χ1v) is 6.61. The lowest BCUT2D eigenvalue weighted by Crippen LogP contribution is -2.33. The van der Waals surface area contributed by atoms with Crippen molar-refractivity contribution in [2.24, 2.45) is 0 Å². The Bertz CT molecular complexity index is 462. The Kier molecular flexibility index (Phi) is 5.34. The minimum atomic E-state index is -4.61. The maximum atomic E-state index is 13.4. The fourth-order valence-corrected chi connectivity index (χ4v) is 2.10. The maximum Gasteiger partial charge on any atom is 0.416 e. The second-order valence-electron chi connectivity index (χ2n) is 4.04. The van der Waals surface area contributed by atoms with Crippen molar-refractivity contribution in [2.45, 2.75) is 25.6 Å². The molecule has 1 aromatic carbocycles. The van der Waals surface area contributed by atoms with Gasteiger partial charge in [-0.1, -0.05) is 15.9 Å². The number of benzene rings is 1. The summed E-state index contributed by atoms with van der Waals surface area (Å²) in [5.41, 5.74) is -1.65. The third-order valence-electron chi connectivity index (χ3n) is 2.46. The van der Waals surface area contributed by atoms with Gasteiger partial charge in [-0.15, -0.1) is 0 Å². The molecule has 106 valence electrons. The van der Waals surface area contributed by atoms with Crippen molar-refractivity contribution in [3.8, 4) is 0 Å². The molecule has 0 spiro atoms. The minimum absolute atomic E-state index is 0.263. The molecule has 1 aromatic rings.